The van der Waals surface area contributed by atoms with E-state index < -0.39 is 25.9 Å². The van der Waals surface area contributed by atoms with Gasteiger partial charge in [0.25, 0.3) is 0 Å². The van der Waals surface area contributed by atoms with E-state index in [0.717, 1.165) is 7.11 Å². The summed E-state index contributed by atoms with van der Waals surface area (Å²) in [6, 6.07) is 7.85. The molecule has 0 spiro atoms. The molecule has 0 aromatic heterocycles. The summed E-state index contributed by atoms with van der Waals surface area (Å²) in [6.07, 6.45) is -5.24. The highest BCUT2D eigenvalue weighted by atomic mass is 31.2. The molecule has 0 aliphatic carbocycles. The molecule has 112 valence electrons. The first-order valence-electron chi connectivity index (χ1n) is 5.47. The zero-order valence-corrected chi connectivity index (χ0v) is 11.6. The van der Waals surface area contributed by atoms with E-state index in [0.29, 0.717) is 5.56 Å². The molecule has 1 aromatic carbocycles. The van der Waals surface area contributed by atoms with Gasteiger partial charge >= 0.3 is 19.9 Å². The van der Waals surface area contributed by atoms with Crippen LogP contribution < -0.4 is 5.09 Å². The van der Waals surface area contributed by atoms with Crippen LogP contribution in [0.1, 0.15) is 18.5 Å². The number of nitrogens with one attached hydrogen (secondary N) is 1. The predicted octanol–water partition coefficient (Wildman–Crippen LogP) is 3.20. The summed E-state index contributed by atoms with van der Waals surface area (Å²) >= 11 is 0. The van der Waals surface area contributed by atoms with Crippen LogP contribution in [0.3, 0.4) is 0 Å². The predicted molar refractivity (Wildman–Crippen MR) is 64.8 cm³/mol. The van der Waals surface area contributed by atoms with E-state index in [9.17, 15) is 22.5 Å². The number of rotatable bonds is 5. The van der Waals surface area contributed by atoms with Crippen LogP contribution in [0.25, 0.3) is 0 Å². The van der Waals surface area contributed by atoms with Crippen LogP contribution in [0, 0.1) is 0 Å². The fourth-order valence-electron chi connectivity index (χ4n) is 1.33. The van der Waals surface area contributed by atoms with Gasteiger partial charge in [-0.3, -0.25) is 4.52 Å². The van der Waals surface area contributed by atoms with Gasteiger partial charge in [-0.15, -0.1) is 0 Å². The lowest BCUT2D eigenvalue weighted by molar-refractivity contribution is -0.190. The average Bonchev–Trinajstić information content (AvgIpc) is 2.38. The van der Waals surface area contributed by atoms with Gasteiger partial charge in [0, 0.05) is 13.2 Å². The van der Waals surface area contributed by atoms with E-state index in [1.54, 1.807) is 37.3 Å². The molecule has 0 unspecified atom stereocenters. The third-order valence-corrected chi connectivity index (χ3v) is 3.92. The Kier molecular flexibility index (Phi) is 5.33. The van der Waals surface area contributed by atoms with E-state index in [1.807, 2.05) is 0 Å². The Bertz CT molecular complexity index is 506. The Morgan fingerprint density at radius 3 is 2.30 bits per heavy atom. The Morgan fingerprint density at radius 1 is 1.30 bits per heavy atom. The van der Waals surface area contributed by atoms with E-state index >= 15 is 0 Å². The van der Waals surface area contributed by atoms with Crippen molar-refractivity contribution in [2.45, 2.75) is 19.1 Å². The summed E-state index contributed by atoms with van der Waals surface area (Å²) < 4.78 is 56.5. The maximum atomic E-state index is 12.1. The molecule has 20 heavy (non-hydrogen) atoms. The van der Waals surface area contributed by atoms with Gasteiger partial charge in [-0.1, -0.05) is 30.3 Å². The van der Waals surface area contributed by atoms with Crippen molar-refractivity contribution >= 4 is 13.7 Å². The standard InChI is InChI=1S/C11H13F3NO4P/c1-8(9-6-4-3-5-7-9)15-20(17,18-2)19-10(16)11(12,13)14/h3-8H,1-2H3,(H,15,17)/t8-,20-/m1/s1. The van der Waals surface area contributed by atoms with Crippen LogP contribution in [-0.2, 0) is 18.4 Å². The van der Waals surface area contributed by atoms with Gasteiger partial charge in [-0.25, -0.2) is 14.4 Å². The number of alkyl halides is 3. The molecule has 9 heteroatoms. The highest BCUT2D eigenvalue weighted by Gasteiger charge is 2.45. The molecule has 0 amide bonds. The maximum absolute atomic E-state index is 12.1. The molecule has 5 nitrogen and oxygen atoms in total. The minimum atomic E-state index is -5.24. The van der Waals surface area contributed by atoms with Gasteiger partial charge in [0.15, 0.2) is 0 Å². The molecule has 1 N–H and O–H groups in total. The molecule has 1 aromatic rings. The molecule has 0 aliphatic heterocycles. The van der Waals surface area contributed by atoms with Crippen LogP contribution in [0.5, 0.6) is 0 Å². The molecule has 2 atom stereocenters. The van der Waals surface area contributed by atoms with Gasteiger partial charge < -0.3 is 4.52 Å². The van der Waals surface area contributed by atoms with Crippen molar-refractivity contribution in [2.75, 3.05) is 7.11 Å². The lowest BCUT2D eigenvalue weighted by Gasteiger charge is -2.21. The number of carbonyl (C=O) groups is 1. The van der Waals surface area contributed by atoms with E-state index in [2.05, 4.69) is 14.1 Å². The van der Waals surface area contributed by atoms with Crippen LogP contribution in [-0.4, -0.2) is 19.3 Å². The molecule has 0 radical (unpaired) electrons. The smallest absolute Gasteiger partial charge is 0.373 e. The van der Waals surface area contributed by atoms with Crippen molar-refractivity contribution in [1.82, 2.24) is 5.09 Å². The van der Waals surface area contributed by atoms with Crippen molar-refractivity contribution in [3.8, 4) is 0 Å². The van der Waals surface area contributed by atoms with Crippen molar-refractivity contribution in [1.29, 1.82) is 0 Å². The second-order valence-electron chi connectivity index (χ2n) is 3.82. The van der Waals surface area contributed by atoms with Gasteiger partial charge in [0.05, 0.1) is 0 Å². The van der Waals surface area contributed by atoms with Gasteiger partial charge in [0.1, 0.15) is 0 Å². The average molecular weight is 311 g/mol. The summed E-state index contributed by atoms with van der Waals surface area (Å²) in [5.74, 6) is -2.57. The Morgan fingerprint density at radius 2 is 1.85 bits per heavy atom. The summed E-state index contributed by atoms with van der Waals surface area (Å²) in [6.45, 7) is 1.54. The van der Waals surface area contributed by atoms with Gasteiger partial charge in [-0.05, 0) is 12.5 Å². The fourth-order valence-corrected chi connectivity index (χ4v) is 2.51. The molecule has 0 fully saturated rings. The van der Waals surface area contributed by atoms with Gasteiger partial charge in [0.2, 0.25) is 0 Å². The minimum absolute atomic E-state index is 0.636. The van der Waals surface area contributed by atoms with Crippen LogP contribution in [0.4, 0.5) is 13.2 Å². The van der Waals surface area contributed by atoms with E-state index in [1.165, 1.54) is 0 Å². The second-order valence-corrected chi connectivity index (χ2v) is 5.62. The Balaban J connectivity index is 2.80. The molecule has 0 bridgehead atoms. The molecular weight excluding hydrogens is 298 g/mol. The van der Waals surface area contributed by atoms with E-state index in [-0.39, 0.29) is 0 Å². The Labute approximate surface area is 113 Å². The minimum Gasteiger partial charge on any atom is -0.373 e. The summed E-state index contributed by atoms with van der Waals surface area (Å²) in [5, 5.41) is 2.25. The normalized spacial score (nSPS) is 16.2. The fraction of sp³-hybridized carbons (Fsp3) is 0.364. The number of hydrogen-bond acceptors (Lipinski definition) is 4. The number of halogens is 3. The third kappa shape index (κ3) is 4.63. The largest absolute Gasteiger partial charge is 0.491 e. The first-order chi connectivity index (χ1) is 9.18. The highest BCUT2D eigenvalue weighted by molar-refractivity contribution is 7.52. The first-order valence-corrected chi connectivity index (χ1v) is 7.01. The first kappa shape index (κ1) is 16.7. The topological polar surface area (TPSA) is 64.6 Å². The van der Waals surface area contributed by atoms with Crippen LogP contribution >= 0.6 is 7.75 Å². The summed E-state index contributed by atoms with van der Waals surface area (Å²) in [7, 11) is -3.51. The van der Waals surface area contributed by atoms with Crippen molar-refractivity contribution in [3.05, 3.63) is 35.9 Å². The molecular formula is C11H13F3NO4P. The summed E-state index contributed by atoms with van der Waals surface area (Å²) in [4.78, 5) is 10.7. The summed E-state index contributed by atoms with van der Waals surface area (Å²) in [5.41, 5.74) is 0.646. The van der Waals surface area contributed by atoms with Crippen LogP contribution in [0.15, 0.2) is 30.3 Å². The zero-order chi connectivity index (χ0) is 15.4. The number of carbonyl (C=O) groups excluding carboxylic acids is 1. The van der Waals surface area contributed by atoms with Crippen molar-refractivity contribution in [2.24, 2.45) is 0 Å². The van der Waals surface area contributed by atoms with E-state index in [4.69, 9.17) is 0 Å². The Hall–Kier alpha value is -1.37. The van der Waals surface area contributed by atoms with Crippen molar-refractivity contribution in [3.63, 3.8) is 0 Å². The maximum Gasteiger partial charge on any atom is 0.491 e. The third-order valence-electron chi connectivity index (χ3n) is 2.33. The zero-order valence-electron chi connectivity index (χ0n) is 10.7. The quantitative estimate of drug-likeness (QED) is 0.846. The second kappa shape index (κ2) is 6.39. The molecule has 0 saturated carbocycles. The van der Waals surface area contributed by atoms with Crippen LogP contribution in [0.2, 0.25) is 0 Å². The molecule has 0 aliphatic rings. The number of benzene rings is 1. The number of hydrogen-bond donors (Lipinski definition) is 1. The molecule has 1 rings (SSSR count). The molecule has 0 heterocycles. The SMILES string of the molecule is CO[P@](=O)(N[C@H](C)c1ccccc1)OC(=O)C(F)(F)F. The lowest BCUT2D eigenvalue weighted by Crippen LogP contribution is -2.28. The highest BCUT2D eigenvalue weighted by Crippen LogP contribution is 2.46. The lowest BCUT2D eigenvalue weighted by atomic mass is 10.1. The monoisotopic (exact) mass is 311 g/mol. The van der Waals surface area contributed by atoms with Gasteiger partial charge in [-0.2, -0.15) is 13.2 Å². The van der Waals surface area contributed by atoms with Crippen molar-refractivity contribution < 1.29 is 31.6 Å². The molecule has 0 saturated heterocycles.